The summed E-state index contributed by atoms with van der Waals surface area (Å²) in [6.45, 7) is 9.46. The lowest BCUT2D eigenvalue weighted by Crippen LogP contribution is -2.51. The first-order chi connectivity index (χ1) is 13.5. The van der Waals surface area contributed by atoms with E-state index >= 15 is 0 Å². The monoisotopic (exact) mass is 397 g/mol. The van der Waals surface area contributed by atoms with Crippen LogP contribution in [0.15, 0.2) is 24.4 Å². The normalized spacial score (nSPS) is 15.4. The van der Waals surface area contributed by atoms with E-state index in [4.69, 9.17) is 0 Å². The van der Waals surface area contributed by atoms with Gasteiger partial charge in [-0.3, -0.25) is 10.2 Å². The number of aryl methyl sites for hydroxylation is 1. The first-order valence-electron chi connectivity index (χ1n) is 9.37. The topological polar surface area (TPSA) is 87.1 Å². The van der Waals surface area contributed by atoms with Crippen molar-refractivity contribution in [2.75, 3.05) is 31.5 Å². The van der Waals surface area contributed by atoms with Crippen LogP contribution in [0.5, 0.6) is 0 Å². The summed E-state index contributed by atoms with van der Waals surface area (Å²) in [5.41, 5.74) is 1.72. The van der Waals surface area contributed by atoms with E-state index in [2.05, 4.69) is 44.2 Å². The molecule has 0 spiro atoms. The van der Waals surface area contributed by atoms with Gasteiger partial charge in [0.15, 0.2) is 0 Å². The number of anilines is 1. The zero-order valence-corrected chi connectivity index (χ0v) is 17.0. The van der Waals surface area contributed by atoms with Crippen LogP contribution in [0.1, 0.15) is 18.9 Å². The molecule has 0 radical (unpaired) electrons. The zero-order valence-electron chi connectivity index (χ0n) is 16.2. The number of hydrogen-bond donors (Lipinski definition) is 1. The lowest BCUT2D eigenvalue weighted by Gasteiger charge is -2.36. The minimum Gasteiger partial charge on any atom is -0.322 e. The molecule has 28 heavy (non-hydrogen) atoms. The Morgan fingerprint density at radius 1 is 1.18 bits per heavy atom. The number of amides is 2. The molecule has 146 valence electrons. The number of rotatable bonds is 3. The predicted molar refractivity (Wildman–Crippen MR) is 110 cm³/mol. The quantitative estimate of drug-likeness (QED) is 0.731. The van der Waals surface area contributed by atoms with Gasteiger partial charge in [-0.15, -0.1) is 10.2 Å². The van der Waals surface area contributed by atoms with E-state index in [9.17, 15) is 4.79 Å². The third kappa shape index (κ3) is 3.95. The van der Waals surface area contributed by atoms with Gasteiger partial charge < -0.3 is 4.90 Å². The summed E-state index contributed by atoms with van der Waals surface area (Å²) >= 11 is 1.54. The largest absolute Gasteiger partial charge is 0.324 e. The molecule has 2 amide bonds. The molecular formula is C19H23N7OS. The number of piperazine rings is 1. The number of nitrogens with one attached hydrogen (secondary N) is 1. The van der Waals surface area contributed by atoms with Gasteiger partial charge in [-0.25, -0.2) is 14.8 Å². The minimum absolute atomic E-state index is 0.154. The molecule has 8 nitrogen and oxygen atoms in total. The van der Waals surface area contributed by atoms with Crippen molar-refractivity contribution in [3.63, 3.8) is 0 Å². The van der Waals surface area contributed by atoms with Crippen LogP contribution in [-0.4, -0.2) is 68.2 Å². The smallest absolute Gasteiger partial charge is 0.322 e. The van der Waals surface area contributed by atoms with Gasteiger partial charge in [0.1, 0.15) is 10.0 Å². The molecule has 9 heteroatoms. The average molecular weight is 398 g/mol. The van der Waals surface area contributed by atoms with Crippen LogP contribution in [-0.2, 0) is 0 Å². The summed E-state index contributed by atoms with van der Waals surface area (Å²) < 4.78 is 0. The molecule has 0 aliphatic carbocycles. The molecule has 0 bridgehead atoms. The first-order valence-corrected chi connectivity index (χ1v) is 10.2. The van der Waals surface area contributed by atoms with Gasteiger partial charge in [-0.2, -0.15) is 0 Å². The van der Waals surface area contributed by atoms with Crippen molar-refractivity contribution in [2.45, 2.75) is 26.8 Å². The summed E-state index contributed by atoms with van der Waals surface area (Å²) in [4.78, 5) is 25.6. The Hall–Kier alpha value is -2.65. The SMILES string of the molecule is Cc1nnc(-c2ccc3cnc(NC(=O)N4CCN(C(C)C)CC4)nc3c2)s1. The van der Waals surface area contributed by atoms with Crippen molar-refractivity contribution in [2.24, 2.45) is 0 Å². The Morgan fingerprint density at radius 2 is 1.96 bits per heavy atom. The second kappa shape index (κ2) is 7.76. The van der Waals surface area contributed by atoms with Crippen molar-refractivity contribution < 1.29 is 4.79 Å². The van der Waals surface area contributed by atoms with E-state index in [1.54, 1.807) is 6.20 Å². The molecular weight excluding hydrogens is 374 g/mol. The van der Waals surface area contributed by atoms with Crippen molar-refractivity contribution in [1.82, 2.24) is 30.0 Å². The van der Waals surface area contributed by atoms with Crippen molar-refractivity contribution in [3.8, 4) is 10.6 Å². The van der Waals surface area contributed by atoms with E-state index in [0.717, 1.165) is 39.6 Å². The second-order valence-electron chi connectivity index (χ2n) is 7.14. The molecule has 0 saturated carbocycles. The van der Waals surface area contributed by atoms with Crippen LogP contribution >= 0.6 is 11.3 Å². The maximum Gasteiger partial charge on any atom is 0.324 e. The molecule has 1 N–H and O–H groups in total. The Labute approximate surface area is 167 Å². The highest BCUT2D eigenvalue weighted by Gasteiger charge is 2.23. The van der Waals surface area contributed by atoms with Gasteiger partial charge >= 0.3 is 6.03 Å². The third-order valence-electron chi connectivity index (χ3n) is 4.91. The lowest BCUT2D eigenvalue weighted by molar-refractivity contribution is 0.125. The molecule has 1 fully saturated rings. The first kappa shape index (κ1) is 18.7. The Balaban J connectivity index is 1.49. The minimum atomic E-state index is -0.154. The second-order valence-corrected chi connectivity index (χ2v) is 8.32. The maximum atomic E-state index is 12.6. The number of hydrogen-bond acceptors (Lipinski definition) is 7. The number of fused-ring (bicyclic) bond motifs is 1. The van der Waals surface area contributed by atoms with Gasteiger partial charge in [0, 0.05) is 49.4 Å². The summed E-state index contributed by atoms with van der Waals surface area (Å²) in [6, 6.07) is 6.24. The highest BCUT2D eigenvalue weighted by molar-refractivity contribution is 7.14. The average Bonchev–Trinajstić information content (AvgIpc) is 3.14. The van der Waals surface area contributed by atoms with Crippen LogP contribution in [0, 0.1) is 6.92 Å². The molecule has 3 aromatic rings. The van der Waals surface area contributed by atoms with Crippen LogP contribution in [0.25, 0.3) is 21.5 Å². The molecule has 0 atom stereocenters. The maximum absolute atomic E-state index is 12.6. The molecule has 1 saturated heterocycles. The highest BCUT2D eigenvalue weighted by atomic mass is 32.1. The fraction of sp³-hybridized carbons (Fsp3) is 0.421. The van der Waals surface area contributed by atoms with E-state index in [-0.39, 0.29) is 6.03 Å². The highest BCUT2D eigenvalue weighted by Crippen LogP contribution is 2.26. The van der Waals surface area contributed by atoms with Gasteiger partial charge in [0.25, 0.3) is 0 Å². The number of aromatic nitrogens is 4. The molecule has 4 rings (SSSR count). The zero-order chi connectivity index (χ0) is 19.7. The van der Waals surface area contributed by atoms with Crippen LogP contribution in [0.2, 0.25) is 0 Å². The molecule has 1 aromatic carbocycles. The molecule has 0 unspecified atom stereocenters. The van der Waals surface area contributed by atoms with Crippen molar-refractivity contribution in [3.05, 3.63) is 29.4 Å². The van der Waals surface area contributed by atoms with Gasteiger partial charge in [-0.1, -0.05) is 23.5 Å². The number of urea groups is 1. The summed E-state index contributed by atoms with van der Waals surface area (Å²) in [6.07, 6.45) is 1.73. The van der Waals surface area contributed by atoms with E-state index in [1.165, 1.54) is 11.3 Å². The number of carbonyl (C=O) groups is 1. The lowest BCUT2D eigenvalue weighted by atomic mass is 10.1. The summed E-state index contributed by atoms with van der Waals surface area (Å²) in [5.74, 6) is 0.314. The van der Waals surface area contributed by atoms with Crippen LogP contribution < -0.4 is 5.32 Å². The molecule has 1 aliphatic rings. The third-order valence-corrected chi connectivity index (χ3v) is 5.79. The van der Waals surface area contributed by atoms with E-state index in [0.29, 0.717) is 25.1 Å². The number of benzene rings is 1. The fourth-order valence-electron chi connectivity index (χ4n) is 3.25. The summed E-state index contributed by atoms with van der Waals surface area (Å²) in [7, 11) is 0. The van der Waals surface area contributed by atoms with Gasteiger partial charge in [0.2, 0.25) is 5.95 Å². The van der Waals surface area contributed by atoms with Gasteiger partial charge in [-0.05, 0) is 26.8 Å². The standard InChI is InChI=1S/C19H23N7OS/c1-12(2)25-6-8-26(9-7-25)19(27)22-18-20-11-15-5-4-14(10-16(15)21-18)17-24-23-13(3)28-17/h4-5,10-12H,6-9H2,1-3H3,(H,20,21,22,27). The van der Waals surface area contributed by atoms with E-state index < -0.39 is 0 Å². The van der Waals surface area contributed by atoms with Crippen LogP contribution in [0.4, 0.5) is 10.7 Å². The Bertz CT molecular complexity index is 995. The van der Waals surface area contributed by atoms with Gasteiger partial charge in [0.05, 0.1) is 5.52 Å². The Morgan fingerprint density at radius 3 is 2.64 bits per heavy atom. The van der Waals surface area contributed by atoms with Crippen molar-refractivity contribution in [1.29, 1.82) is 0 Å². The van der Waals surface area contributed by atoms with E-state index in [1.807, 2.05) is 30.0 Å². The fourth-order valence-corrected chi connectivity index (χ4v) is 3.93. The van der Waals surface area contributed by atoms with Crippen molar-refractivity contribution >= 4 is 34.2 Å². The number of carbonyl (C=O) groups excluding carboxylic acids is 1. The predicted octanol–water partition coefficient (Wildman–Crippen LogP) is 3.01. The summed E-state index contributed by atoms with van der Waals surface area (Å²) in [5, 5.41) is 13.8. The van der Waals surface area contributed by atoms with Crippen LogP contribution in [0.3, 0.4) is 0 Å². The molecule has 2 aromatic heterocycles. The molecule has 1 aliphatic heterocycles. The molecule has 3 heterocycles. The Kier molecular flexibility index (Phi) is 5.19. The number of nitrogens with zero attached hydrogens (tertiary/aromatic N) is 6.